The van der Waals surface area contributed by atoms with E-state index in [1.54, 1.807) is 25.2 Å². The highest BCUT2D eigenvalue weighted by atomic mass is 35.5. The average Bonchev–Trinajstić information content (AvgIpc) is 2.03. The van der Waals surface area contributed by atoms with Crippen molar-refractivity contribution >= 4 is 46.8 Å². The predicted octanol–water partition coefficient (Wildman–Crippen LogP) is 3.48. The molecule has 0 saturated carbocycles. The molecule has 0 N–H and O–H groups in total. The Morgan fingerprint density at radius 1 is 1.38 bits per heavy atom. The fourth-order valence-corrected chi connectivity index (χ4v) is 1.66. The first-order valence-corrected chi connectivity index (χ1v) is 4.65. The van der Waals surface area contributed by atoms with E-state index in [9.17, 15) is 4.79 Å². The van der Waals surface area contributed by atoms with Gasteiger partial charge in [-0.05, 0) is 12.1 Å². The predicted molar refractivity (Wildman–Crippen MR) is 59.2 cm³/mol. The van der Waals surface area contributed by atoms with Gasteiger partial charge in [0.2, 0.25) is 0 Å². The van der Waals surface area contributed by atoms with E-state index in [1.807, 2.05) is 0 Å². The van der Waals surface area contributed by atoms with E-state index in [1.165, 1.54) is 4.90 Å². The number of benzene rings is 1. The maximum absolute atomic E-state index is 10.9. The summed E-state index contributed by atoms with van der Waals surface area (Å²) in [7, 11) is 1.56. The van der Waals surface area contributed by atoms with Crippen LogP contribution in [0.1, 0.15) is 0 Å². The lowest BCUT2D eigenvalue weighted by molar-refractivity contribution is 0.266. The number of halogens is 2. The van der Waals surface area contributed by atoms with E-state index in [2.05, 4.69) is 12.6 Å². The van der Waals surface area contributed by atoms with Crippen molar-refractivity contribution < 1.29 is 4.79 Å². The van der Waals surface area contributed by atoms with Crippen molar-refractivity contribution in [3.8, 4) is 0 Å². The van der Waals surface area contributed by atoms with E-state index in [0.29, 0.717) is 15.7 Å². The van der Waals surface area contributed by atoms with Crippen LogP contribution in [0, 0.1) is 0 Å². The molecule has 0 saturated heterocycles. The number of hydrogen-bond donors (Lipinski definition) is 1. The number of nitrogens with zero attached hydrogens (tertiary/aromatic N) is 1. The molecule has 0 aliphatic rings. The third-order valence-corrected chi connectivity index (χ3v) is 2.47. The summed E-state index contributed by atoms with van der Waals surface area (Å²) in [5, 5.41) is 0.449. The van der Waals surface area contributed by atoms with E-state index in [0.717, 1.165) is 0 Å². The fraction of sp³-hybridized carbons (Fsp3) is 0.125. The van der Waals surface area contributed by atoms with Gasteiger partial charge in [0.1, 0.15) is 0 Å². The summed E-state index contributed by atoms with van der Waals surface area (Å²) < 4.78 is 0. The van der Waals surface area contributed by atoms with Gasteiger partial charge in [0.15, 0.2) is 0 Å². The van der Waals surface area contributed by atoms with Gasteiger partial charge in [-0.2, -0.15) is 0 Å². The SMILES string of the molecule is CN(C(=O)S)c1c(Cl)cccc1Cl. The number of carbonyl (C=O) groups is 1. The molecule has 0 aliphatic heterocycles. The average molecular weight is 236 g/mol. The van der Waals surface area contributed by atoms with Gasteiger partial charge in [-0.1, -0.05) is 41.9 Å². The molecule has 0 aromatic heterocycles. The van der Waals surface area contributed by atoms with E-state index >= 15 is 0 Å². The molecule has 0 heterocycles. The minimum absolute atomic E-state index is 0.407. The van der Waals surface area contributed by atoms with Gasteiger partial charge in [0.05, 0.1) is 15.7 Å². The molecule has 70 valence electrons. The second-order valence-electron chi connectivity index (χ2n) is 2.41. The monoisotopic (exact) mass is 235 g/mol. The quantitative estimate of drug-likeness (QED) is 0.740. The van der Waals surface area contributed by atoms with Crippen molar-refractivity contribution in [2.45, 2.75) is 0 Å². The Balaban J connectivity index is 3.20. The third kappa shape index (κ3) is 2.30. The number of anilines is 1. The molecule has 0 unspecified atom stereocenters. The Morgan fingerprint density at radius 2 is 1.85 bits per heavy atom. The van der Waals surface area contributed by atoms with Gasteiger partial charge in [0, 0.05) is 7.05 Å². The Bertz CT molecular complexity index is 323. The maximum atomic E-state index is 10.9. The molecule has 0 bridgehead atoms. The molecule has 0 radical (unpaired) electrons. The highest BCUT2D eigenvalue weighted by Gasteiger charge is 2.13. The zero-order valence-corrected chi connectivity index (χ0v) is 9.20. The number of para-hydroxylation sites is 1. The second-order valence-corrected chi connectivity index (χ2v) is 3.61. The van der Waals surface area contributed by atoms with E-state index < -0.39 is 5.24 Å². The van der Waals surface area contributed by atoms with Gasteiger partial charge in [0.25, 0.3) is 5.24 Å². The Morgan fingerprint density at radius 3 is 2.23 bits per heavy atom. The van der Waals surface area contributed by atoms with Crippen LogP contribution < -0.4 is 4.90 Å². The summed E-state index contributed by atoms with van der Waals surface area (Å²) in [6.45, 7) is 0. The summed E-state index contributed by atoms with van der Waals surface area (Å²) in [6.07, 6.45) is 0. The standard InChI is InChI=1S/C8H7Cl2NOS/c1-11(8(12)13)7-5(9)3-2-4-6(7)10/h2-4H,1H3,(H,12,13). The van der Waals surface area contributed by atoms with Crippen LogP contribution in [0.5, 0.6) is 0 Å². The Labute approximate surface area is 91.8 Å². The molecular weight excluding hydrogens is 229 g/mol. The van der Waals surface area contributed by atoms with Gasteiger partial charge in [-0.3, -0.25) is 4.79 Å². The first-order valence-electron chi connectivity index (χ1n) is 3.44. The van der Waals surface area contributed by atoms with Crippen LogP contribution in [0.3, 0.4) is 0 Å². The van der Waals surface area contributed by atoms with Crippen molar-refractivity contribution in [3.63, 3.8) is 0 Å². The van der Waals surface area contributed by atoms with Crippen molar-refractivity contribution in [2.75, 3.05) is 11.9 Å². The zero-order chi connectivity index (χ0) is 10.0. The molecule has 1 aromatic rings. The largest absolute Gasteiger partial charge is 0.304 e. The molecule has 2 nitrogen and oxygen atoms in total. The fourth-order valence-electron chi connectivity index (χ4n) is 0.905. The third-order valence-electron chi connectivity index (χ3n) is 1.56. The minimum atomic E-state index is -0.407. The number of amides is 1. The maximum Gasteiger partial charge on any atom is 0.282 e. The van der Waals surface area contributed by atoms with Crippen LogP contribution in [0.2, 0.25) is 10.0 Å². The minimum Gasteiger partial charge on any atom is -0.304 e. The Kier molecular flexibility index (Phi) is 3.47. The first kappa shape index (κ1) is 10.7. The van der Waals surface area contributed by atoms with E-state index in [4.69, 9.17) is 23.2 Å². The summed E-state index contributed by atoms with van der Waals surface area (Å²) in [5.74, 6) is 0. The molecular formula is C8H7Cl2NOS. The molecule has 0 fully saturated rings. The number of thiol groups is 1. The Hall–Kier alpha value is -0.380. The molecule has 1 aromatic carbocycles. The number of carbonyl (C=O) groups excluding carboxylic acids is 1. The molecule has 0 atom stereocenters. The van der Waals surface area contributed by atoms with Gasteiger partial charge >= 0.3 is 0 Å². The lowest BCUT2D eigenvalue weighted by atomic mass is 10.3. The van der Waals surface area contributed by atoms with Crippen molar-refractivity contribution in [1.29, 1.82) is 0 Å². The molecule has 1 rings (SSSR count). The number of hydrogen-bond acceptors (Lipinski definition) is 1. The normalized spacial score (nSPS) is 9.85. The summed E-state index contributed by atoms with van der Waals surface area (Å²) in [6, 6.07) is 5.04. The summed E-state index contributed by atoms with van der Waals surface area (Å²) in [5.41, 5.74) is 0.478. The van der Waals surface area contributed by atoms with Crippen LogP contribution in [-0.2, 0) is 0 Å². The lowest BCUT2D eigenvalue weighted by Crippen LogP contribution is -2.20. The smallest absolute Gasteiger partial charge is 0.282 e. The van der Waals surface area contributed by atoms with Crippen molar-refractivity contribution in [1.82, 2.24) is 0 Å². The topological polar surface area (TPSA) is 20.3 Å². The van der Waals surface area contributed by atoms with Crippen molar-refractivity contribution in [2.24, 2.45) is 0 Å². The molecule has 13 heavy (non-hydrogen) atoms. The summed E-state index contributed by atoms with van der Waals surface area (Å²) in [4.78, 5) is 12.2. The van der Waals surface area contributed by atoms with Crippen LogP contribution in [0.15, 0.2) is 18.2 Å². The molecule has 0 spiro atoms. The molecule has 5 heteroatoms. The van der Waals surface area contributed by atoms with Crippen LogP contribution >= 0.6 is 35.8 Å². The first-order chi connectivity index (χ1) is 6.04. The number of rotatable bonds is 1. The molecule has 1 amide bonds. The van der Waals surface area contributed by atoms with Crippen LogP contribution in [-0.4, -0.2) is 12.3 Å². The molecule has 0 aliphatic carbocycles. The lowest BCUT2D eigenvalue weighted by Gasteiger charge is -2.16. The van der Waals surface area contributed by atoms with Crippen molar-refractivity contribution in [3.05, 3.63) is 28.2 Å². The van der Waals surface area contributed by atoms with Crippen LogP contribution in [0.25, 0.3) is 0 Å². The van der Waals surface area contributed by atoms with Crippen LogP contribution in [0.4, 0.5) is 10.5 Å². The van der Waals surface area contributed by atoms with Gasteiger partial charge in [-0.25, -0.2) is 0 Å². The highest BCUT2D eigenvalue weighted by molar-refractivity contribution is 7.96. The highest BCUT2D eigenvalue weighted by Crippen LogP contribution is 2.33. The zero-order valence-electron chi connectivity index (χ0n) is 6.79. The second kappa shape index (κ2) is 4.22. The van der Waals surface area contributed by atoms with Gasteiger partial charge in [-0.15, -0.1) is 0 Å². The van der Waals surface area contributed by atoms with E-state index in [-0.39, 0.29) is 0 Å². The van der Waals surface area contributed by atoms with Gasteiger partial charge < -0.3 is 4.90 Å². The summed E-state index contributed by atoms with van der Waals surface area (Å²) >= 11 is 15.4.